The van der Waals surface area contributed by atoms with E-state index in [-0.39, 0.29) is 12.2 Å². The predicted molar refractivity (Wildman–Crippen MR) is 87.6 cm³/mol. The molecule has 2 aliphatic heterocycles. The maximum atomic E-state index is 9.91. The zero-order valence-electron chi connectivity index (χ0n) is 13.8. The first-order valence-electron chi connectivity index (χ1n) is 8.56. The maximum Gasteiger partial charge on any atom is 0.225 e. The number of rotatable bonds is 3. The van der Waals surface area contributed by atoms with Crippen LogP contribution in [-0.4, -0.2) is 46.0 Å². The van der Waals surface area contributed by atoms with Crippen molar-refractivity contribution in [3.8, 4) is 11.3 Å². The summed E-state index contributed by atoms with van der Waals surface area (Å²) in [5.74, 6) is 1.32. The molecule has 0 bridgehead atoms. The van der Waals surface area contributed by atoms with Gasteiger partial charge in [-0.1, -0.05) is 5.16 Å². The van der Waals surface area contributed by atoms with E-state index >= 15 is 0 Å². The summed E-state index contributed by atoms with van der Waals surface area (Å²) in [7, 11) is 0. The van der Waals surface area contributed by atoms with Crippen LogP contribution < -0.4 is 4.90 Å². The van der Waals surface area contributed by atoms with E-state index in [9.17, 15) is 5.11 Å². The lowest BCUT2D eigenvalue weighted by atomic mass is 10.1. The number of β-amino-alcohol motifs (C(OH)–C–C–N with tert-alkyl or cyclic N) is 1. The Morgan fingerprint density at radius 1 is 1.29 bits per heavy atom. The van der Waals surface area contributed by atoms with Gasteiger partial charge in [-0.05, 0) is 32.6 Å². The zero-order valence-corrected chi connectivity index (χ0v) is 13.8. The molecule has 2 aliphatic rings. The van der Waals surface area contributed by atoms with E-state index in [1.807, 2.05) is 17.9 Å². The lowest BCUT2D eigenvalue weighted by Crippen LogP contribution is -2.39. The fraction of sp³-hybridized carbons (Fsp3) is 0.588. The molecule has 0 radical (unpaired) electrons. The van der Waals surface area contributed by atoms with Crippen LogP contribution in [0.4, 0.5) is 5.95 Å². The van der Waals surface area contributed by atoms with Gasteiger partial charge in [0.25, 0.3) is 0 Å². The molecule has 2 atom stereocenters. The zero-order chi connectivity index (χ0) is 16.5. The van der Waals surface area contributed by atoms with Crippen molar-refractivity contribution in [1.29, 1.82) is 0 Å². The third-order valence-corrected chi connectivity index (χ3v) is 4.61. The average molecular weight is 330 g/mol. The number of hydrogen-bond donors (Lipinski definition) is 1. The summed E-state index contributed by atoms with van der Waals surface area (Å²) in [6.07, 6.45) is 5.20. The standard InChI is InChI=1S/C17H22N4O3/c1-11-8-15(24-20-11)13-9-18-17(21-6-2-4-12(22)10-21)19-16(13)14-5-3-7-23-14/h8-9,12,14,22H,2-7,10H2,1H3/t12-,14-/m1/s1. The number of nitrogens with zero attached hydrogens (tertiary/aromatic N) is 4. The third-order valence-electron chi connectivity index (χ3n) is 4.61. The van der Waals surface area contributed by atoms with Crippen LogP contribution in [0.3, 0.4) is 0 Å². The van der Waals surface area contributed by atoms with Crippen LogP contribution in [0.25, 0.3) is 11.3 Å². The molecule has 2 saturated heterocycles. The SMILES string of the molecule is Cc1cc(-c2cnc(N3CCC[C@@H](O)C3)nc2[C@H]2CCCO2)on1. The largest absolute Gasteiger partial charge is 0.391 e. The Morgan fingerprint density at radius 3 is 2.92 bits per heavy atom. The molecule has 128 valence electrons. The van der Waals surface area contributed by atoms with Crippen molar-refractivity contribution in [1.82, 2.24) is 15.1 Å². The quantitative estimate of drug-likeness (QED) is 0.924. The van der Waals surface area contributed by atoms with E-state index in [0.717, 1.165) is 55.8 Å². The van der Waals surface area contributed by atoms with Gasteiger partial charge in [0.05, 0.1) is 23.1 Å². The second kappa shape index (κ2) is 6.49. The number of anilines is 1. The number of aromatic nitrogens is 3. The summed E-state index contributed by atoms with van der Waals surface area (Å²) < 4.78 is 11.3. The van der Waals surface area contributed by atoms with E-state index in [1.54, 1.807) is 6.20 Å². The summed E-state index contributed by atoms with van der Waals surface area (Å²) in [5, 5.41) is 13.9. The Morgan fingerprint density at radius 2 is 2.21 bits per heavy atom. The highest BCUT2D eigenvalue weighted by atomic mass is 16.5. The lowest BCUT2D eigenvalue weighted by molar-refractivity contribution is 0.109. The third kappa shape index (κ3) is 3.01. The molecule has 4 heterocycles. The van der Waals surface area contributed by atoms with E-state index in [2.05, 4.69) is 10.1 Å². The molecule has 0 amide bonds. The molecule has 2 aromatic heterocycles. The van der Waals surface area contributed by atoms with Crippen LogP contribution in [0.15, 0.2) is 16.8 Å². The molecule has 2 fully saturated rings. The highest BCUT2D eigenvalue weighted by Gasteiger charge is 2.27. The Bertz CT molecular complexity index is 712. The van der Waals surface area contributed by atoms with Crippen molar-refractivity contribution >= 4 is 5.95 Å². The lowest BCUT2D eigenvalue weighted by Gasteiger charge is -2.30. The minimum absolute atomic E-state index is 0.0399. The van der Waals surface area contributed by atoms with Gasteiger partial charge in [-0.2, -0.15) is 0 Å². The number of hydrogen-bond acceptors (Lipinski definition) is 7. The number of aryl methyl sites for hydroxylation is 1. The van der Waals surface area contributed by atoms with E-state index in [4.69, 9.17) is 14.2 Å². The van der Waals surface area contributed by atoms with E-state index in [1.165, 1.54) is 0 Å². The number of aliphatic hydroxyl groups excluding tert-OH is 1. The smallest absolute Gasteiger partial charge is 0.225 e. The summed E-state index contributed by atoms with van der Waals surface area (Å²) in [6, 6.07) is 1.89. The van der Waals surface area contributed by atoms with Crippen molar-refractivity contribution in [2.45, 2.75) is 44.8 Å². The fourth-order valence-electron chi connectivity index (χ4n) is 3.39. The molecule has 7 nitrogen and oxygen atoms in total. The van der Waals surface area contributed by atoms with Gasteiger partial charge in [-0.25, -0.2) is 9.97 Å². The topological polar surface area (TPSA) is 84.5 Å². The molecule has 0 unspecified atom stereocenters. The fourth-order valence-corrected chi connectivity index (χ4v) is 3.39. The molecular formula is C17H22N4O3. The molecule has 1 N–H and O–H groups in total. The molecule has 7 heteroatoms. The molecule has 0 saturated carbocycles. The average Bonchev–Trinajstić information content (AvgIpc) is 3.26. The Labute approximate surface area is 140 Å². The minimum Gasteiger partial charge on any atom is -0.391 e. The van der Waals surface area contributed by atoms with Crippen LogP contribution in [0.1, 0.15) is 43.2 Å². The van der Waals surface area contributed by atoms with Crippen molar-refractivity contribution < 1.29 is 14.4 Å². The molecular weight excluding hydrogens is 308 g/mol. The normalized spacial score (nSPS) is 24.5. The van der Waals surface area contributed by atoms with Gasteiger partial charge in [-0.3, -0.25) is 0 Å². The first-order chi connectivity index (χ1) is 11.7. The Balaban J connectivity index is 1.71. The predicted octanol–water partition coefficient (Wildman–Crippen LogP) is 2.25. The summed E-state index contributed by atoms with van der Waals surface area (Å²) in [6.45, 7) is 4.08. The van der Waals surface area contributed by atoms with Crippen molar-refractivity contribution in [3.05, 3.63) is 23.7 Å². The Hall–Kier alpha value is -1.99. The summed E-state index contributed by atoms with van der Waals surface area (Å²) >= 11 is 0. The highest BCUT2D eigenvalue weighted by molar-refractivity contribution is 5.61. The van der Waals surface area contributed by atoms with Crippen molar-refractivity contribution in [2.75, 3.05) is 24.6 Å². The monoisotopic (exact) mass is 330 g/mol. The molecule has 0 aromatic carbocycles. The molecule has 0 aliphatic carbocycles. The summed E-state index contributed by atoms with van der Waals surface area (Å²) in [5.41, 5.74) is 2.52. The Kier molecular flexibility index (Phi) is 4.20. The van der Waals surface area contributed by atoms with Crippen LogP contribution in [0.2, 0.25) is 0 Å². The second-order valence-electron chi connectivity index (χ2n) is 6.55. The van der Waals surface area contributed by atoms with Gasteiger partial charge in [0, 0.05) is 32.0 Å². The molecule has 4 rings (SSSR count). The second-order valence-corrected chi connectivity index (χ2v) is 6.55. The van der Waals surface area contributed by atoms with E-state index < -0.39 is 0 Å². The van der Waals surface area contributed by atoms with Crippen molar-refractivity contribution in [2.24, 2.45) is 0 Å². The van der Waals surface area contributed by atoms with Gasteiger partial charge >= 0.3 is 0 Å². The first-order valence-corrected chi connectivity index (χ1v) is 8.56. The van der Waals surface area contributed by atoms with Gasteiger partial charge in [0.1, 0.15) is 6.10 Å². The van der Waals surface area contributed by atoms with Gasteiger partial charge in [0.15, 0.2) is 5.76 Å². The molecule has 2 aromatic rings. The summed E-state index contributed by atoms with van der Waals surface area (Å²) in [4.78, 5) is 11.3. The molecule has 0 spiro atoms. The van der Waals surface area contributed by atoms with Gasteiger partial charge in [-0.15, -0.1) is 0 Å². The number of ether oxygens (including phenoxy) is 1. The number of piperidine rings is 1. The maximum absolute atomic E-state index is 9.91. The van der Waals surface area contributed by atoms with E-state index in [0.29, 0.717) is 18.3 Å². The van der Waals surface area contributed by atoms with Gasteiger partial charge < -0.3 is 19.3 Å². The van der Waals surface area contributed by atoms with Gasteiger partial charge in [0.2, 0.25) is 5.95 Å². The molecule has 24 heavy (non-hydrogen) atoms. The highest BCUT2D eigenvalue weighted by Crippen LogP contribution is 2.35. The van der Waals surface area contributed by atoms with Crippen LogP contribution >= 0.6 is 0 Å². The van der Waals surface area contributed by atoms with Crippen LogP contribution in [-0.2, 0) is 4.74 Å². The van der Waals surface area contributed by atoms with Crippen LogP contribution in [0.5, 0.6) is 0 Å². The minimum atomic E-state index is -0.315. The van der Waals surface area contributed by atoms with Crippen LogP contribution in [0, 0.1) is 6.92 Å². The van der Waals surface area contributed by atoms with Crippen molar-refractivity contribution in [3.63, 3.8) is 0 Å². The first kappa shape index (κ1) is 15.5. The number of aliphatic hydroxyl groups is 1.